The van der Waals surface area contributed by atoms with Gasteiger partial charge in [-0.15, -0.1) is 6.07 Å². The summed E-state index contributed by atoms with van der Waals surface area (Å²) in [4.78, 5) is 0. The number of fused-ring (bicyclic) bond motifs is 1. The Kier molecular flexibility index (Phi) is 5.73. The van der Waals surface area contributed by atoms with Gasteiger partial charge in [-0.1, -0.05) is 81.0 Å². The van der Waals surface area contributed by atoms with Crippen LogP contribution in [0.15, 0.2) is 54.6 Å². The predicted molar refractivity (Wildman–Crippen MR) is 100 cm³/mol. The van der Waals surface area contributed by atoms with Gasteiger partial charge in [0.05, 0.1) is 8.07 Å². The van der Waals surface area contributed by atoms with Crippen LogP contribution in [-0.4, -0.2) is 23.1 Å². The van der Waals surface area contributed by atoms with E-state index in [1.165, 1.54) is 0 Å². The molecule has 0 amide bonds. The smallest absolute Gasteiger partial charge is 0.534 e. The molecule has 1 aromatic heterocycles. The fraction of sp³-hybridized carbons (Fsp3) is 0.316. The fourth-order valence-electron chi connectivity index (χ4n) is 2.38. The van der Waals surface area contributed by atoms with Crippen molar-refractivity contribution >= 4 is 19.1 Å². The zero-order valence-electron chi connectivity index (χ0n) is 15.9. The number of nitrogens with zero attached hydrogens (tertiary/aromatic N) is 3. The third kappa shape index (κ3) is 3.79. The van der Waals surface area contributed by atoms with Gasteiger partial charge in [0, 0.05) is 11.4 Å². The molecule has 0 radical (unpaired) electrons. The van der Waals surface area contributed by atoms with E-state index in [1.807, 2.05) is 59.3 Å². The van der Waals surface area contributed by atoms with Gasteiger partial charge in [0.25, 0.3) is 0 Å². The average molecular weight is 345 g/mol. The molecule has 0 unspecified atom stereocenters. The summed E-state index contributed by atoms with van der Waals surface area (Å²) in [7, 11) is -1.98. The molecule has 0 aliphatic rings. The van der Waals surface area contributed by atoms with Gasteiger partial charge in [0.15, 0.2) is 0 Å². The first-order valence-electron chi connectivity index (χ1n) is 8.22. The number of aromatic nitrogens is 3. The average Bonchev–Trinajstić information content (AvgIpc) is 2.96. The molecule has 0 bridgehead atoms. The van der Waals surface area contributed by atoms with Crippen LogP contribution in [0.2, 0.25) is 18.1 Å². The molecule has 3 rings (SSSR count). The Labute approximate surface area is 162 Å². The second-order valence-corrected chi connectivity index (χ2v) is 12.8. The van der Waals surface area contributed by atoms with E-state index in [-0.39, 0.29) is 23.9 Å². The first-order valence-corrected chi connectivity index (χ1v) is 11.2. The maximum Gasteiger partial charge on any atom is 1.00 e. The topological polar surface area (TPSA) is 39.9 Å². The molecule has 0 atom stereocenters. The minimum absolute atomic E-state index is 0. The van der Waals surface area contributed by atoms with Crippen molar-refractivity contribution in [3.63, 3.8) is 0 Å². The number of benzene rings is 2. The van der Waals surface area contributed by atoms with Crippen LogP contribution in [0.4, 0.5) is 0 Å². The summed E-state index contributed by atoms with van der Waals surface area (Å²) < 4.78 is 8.29. The number of hydrogen-bond acceptors (Lipinski definition) is 3. The quantitative estimate of drug-likeness (QED) is 0.536. The molecule has 3 aromatic rings. The molecule has 6 heteroatoms. The molecule has 2 aromatic carbocycles. The molecule has 126 valence electrons. The van der Waals surface area contributed by atoms with Gasteiger partial charge in [-0.05, 0) is 17.2 Å². The molecular formula is C19H24LiN3OSi. The van der Waals surface area contributed by atoms with E-state index in [4.69, 9.17) is 4.74 Å². The molecule has 0 spiro atoms. The van der Waals surface area contributed by atoms with Crippen molar-refractivity contribution in [2.75, 3.05) is 0 Å². The summed E-state index contributed by atoms with van der Waals surface area (Å²) in [6.07, 6.45) is 0. The van der Waals surface area contributed by atoms with E-state index in [0.29, 0.717) is 0 Å². The van der Waals surface area contributed by atoms with Crippen molar-refractivity contribution in [2.45, 2.75) is 38.9 Å². The minimum atomic E-state index is -1.98. The number of ether oxygens (including phenoxy) is 1. The van der Waals surface area contributed by atoms with E-state index in [9.17, 15) is 0 Å². The molecule has 0 saturated heterocycles. The summed E-state index contributed by atoms with van der Waals surface area (Å²) >= 11 is 0. The summed E-state index contributed by atoms with van der Waals surface area (Å²) in [5, 5.41) is 8.84. The van der Waals surface area contributed by atoms with Crippen LogP contribution in [-0.2, 0) is 0 Å². The molecule has 0 fully saturated rings. The zero-order chi connectivity index (χ0) is 17.4. The first-order chi connectivity index (χ1) is 11.3. The summed E-state index contributed by atoms with van der Waals surface area (Å²) in [5.41, 5.74) is 1.86. The van der Waals surface area contributed by atoms with Crippen molar-refractivity contribution in [2.24, 2.45) is 0 Å². The van der Waals surface area contributed by atoms with E-state index in [1.54, 1.807) is 0 Å². The van der Waals surface area contributed by atoms with Gasteiger partial charge in [-0.2, -0.15) is 5.10 Å². The van der Waals surface area contributed by atoms with Crippen molar-refractivity contribution in [3.05, 3.63) is 60.4 Å². The van der Waals surface area contributed by atoms with Gasteiger partial charge in [-0.3, -0.25) is 0 Å². The van der Waals surface area contributed by atoms with Crippen molar-refractivity contribution in [1.29, 1.82) is 0 Å². The monoisotopic (exact) mass is 345 g/mol. The number of hydrogen-bond donors (Lipinski definition) is 0. The second-order valence-electron chi connectivity index (χ2n) is 7.59. The van der Waals surface area contributed by atoms with Gasteiger partial charge in [-0.25, -0.2) is 0 Å². The van der Waals surface area contributed by atoms with Gasteiger partial charge < -0.3 is 9.42 Å². The van der Waals surface area contributed by atoms with Crippen LogP contribution in [0.1, 0.15) is 20.8 Å². The third-order valence-corrected chi connectivity index (χ3v) is 10.0. The molecule has 25 heavy (non-hydrogen) atoms. The van der Waals surface area contributed by atoms with Crippen LogP contribution in [0.3, 0.4) is 0 Å². The maximum atomic E-state index is 6.40. The van der Waals surface area contributed by atoms with E-state index in [0.717, 1.165) is 22.6 Å². The van der Waals surface area contributed by atoms with Crippen molar-refractivity contribution in [1.82, 2.24) is 15.0 Å². The Balaban J connectivity index is 0.00000225. The molecular weight excluding hydrogens is 321 g/mol. The Morgan fingerprint density at radius 3 is 2.20 bits per heavy atom. The van der Waals surface area contributed by atoms with Crippen LogP contribution >= 0.6 is 0 Å². The molecule has 0 aliphatic carbocycles. The molecule has 0 N–H and O–H groups in total. The minimum Gasteiger partial charge on any atom is -0.534 e. The summed E-state index contributed by atoms with van der Waals surface area (Å²) in [6.45, 7) is 11.5. The SMILES string of the molecule is CC(C)(C)[Si](C)(C)[C-](Oc1ccccc1)n1nnc2ccccc21.[Li+]. The van der Waals surface area contributed by atoms with Crippen LogP contribution in [0.5, 0.6) is 5.75 Å². The van der Waals surface area contributed by atoms with Gasteiger partial charge in [0.2, 0.25) is 0 Å². The number of para-hydroxylation sites is 2. The van der Waals surface area contributed by atoms with E-state index >= 15 is 0 Å². The van der Waals surface area contributed by atoms with Crippen LogP contribution in [0.25, 0.3) is 11.0 Å². The van der Waals surface area contributed by atoms with Crippen molar-refractivity contribution < 1.29 is 23.6 Å². The summed E-state index contributed by atoms with van der Waals surface area (Å²) in [6, 6.07) is 17.9. The Morgan fingerprint density at radius 1 is 0.960 bits per heavy atom. The molecule has 1 heterocycles. The predicted octanol–water partition coefficient (Wildman–Crippen LogP) is 1.90. The van der Waals surface area contributed by atoms with Crippen LogP contribution in [0, 0.1) is 5.85 Å². The van der Waals surface area contributed by atoms with Gasteiger partial charge in [0.1, 0.15) is 5.75 Å². The largest absolute Gasteiger partial charge is 1.00 e. The Morgan fingerprint density at radius 2 is 1.56 bits per heavy atom. The van der Waals surface area contributed by atoms with E-state index < -0.39 is 8.07 Å². The van der Waals surface area contributed by atoms with Crippen LogP contribution < -0.4 is 23.6 Å². The Bertz CT molecular complexity index is 827. The zero-order valence-corrected chi connectivity index (χ0v) is 16.9. The molecule has 4 nitrogen and oxygen atoms in total. The Hall–Kier alpha value is -1.68. The van der Waals surface area contributed by atoms with E-state index in [2.05, 4.69) is 44.2 Å². The maximum absolute atomic E-state index is 6.40. The van der Waals surface area contributed by atoms with Gasteiger partial charge >= 0.3 is 18.9 Å². The molecule has 0 saturated carbocycles. The normalized spacial score (nSPS) is 11.9. The fourth-order valence-corrected chi connectivity index (χ4v) is 4.08. The van der Waals surface area contributed by atoms with Crippen molar-refractivity contribution in [3.8, 4) is 5.75 Å². The third-order valence-electron chi connectivity index (χ3n) is 4.91. The summed E-state index contributed by atoms with van der Waals surface area (Å²) in [5.74, 6) is 1.74. The number of rotatable bonds is 4. The standard InChI is InChI=1S/C19H24N3OSi.Li/c1-19(2,3)24(4,5)18(23-15-11-7-6-8-12-15)22-17-14-10-9-13-16(17)20-21-22;/h6-14H,1-5H3;/q-1;+1. The first kappa shape index (κ1) is 19.6. The second kappa shape index (κ2) is 7.29. The molecule has 0 aliphatic heterocycles.